The van der Waals surface area contributed by atoms with Crippen LogP contribution in [-0.2, 0) is 6.42 Å². The Balaban J connectivity index is 2.57. The second-order valence-corrected chi connectivity index (χ2v) is 3.45. The summed E-state index contributed by atoms with van der Waals surface area (Å²) in [6.07, 6.45) is 0.336. The van der Waals surface area contributed by atoms with Crippen molar-refractivity contribution in [1.29, 1.82) is 5.26 Å². The van der Waals surface area contributed by atoms with Gasteiger partial charge in [0.05, 0.1) is 17.5 Å². The fraction of sp³-hybridized carbons (Fsp3) is 0.300. The maximum Gasteiger partial charge on any atom is 0.231 e. The van der Waals surface area contributed by atoms with Crippen LogP contribution in [0.15, 0.2) is 6.07 Å². The molecule has 0 aromatic heterocycles. The largest absolute Gasteiger partial charge is 0.453 e. The number of fused-ring (bicyclic) bond motifs is 1. The molecule has 0 unspecified atom stereocenters. The van der Waals surface area contributed by atoms with Crippen molar-refractivity contribution in [3.8, 4) is 17.6 Å². The quantitative estimate of drug-likeness (QED) is 0.714. The number of rotatable bonds is 1. The molecular formula is C10H8ClNO2. The van der Waals surface area contributed by atoms with Crippen LogP contribution in [0.2, 0.25) is 5.02 Å². The van der Waals surface area contributed by atoms with Gasteiger partial charge >= 0.3 is 0 Å². The molecule has 0 bridgehead atoms. The van der Waals surface area contributed by atoms with E-state index in [2.05, 4.69) is 6.07 Å². The standard InChI is InChI=1S/C10H8ClNO2/c1-6-7(2-3-12)4-8(11)10-9(6)13-5-14-10/h4H,2,5H2,1H3. The first kappa shape index (κ1) is 9.17. The predicted octanol–water partition coefficient (Wildman–Crippen LogP) is 2.44. The van der Waals surface area contributed by atoms with Crippen molar-refractivity contribution < 1.29 is 9.47 Å². The summed E-state index contributed by atoms with van der Waals surface area (Å²) in [6, 6.07) is 3.85. The lowest BCUT2D eigenvalue weighted by atomic mass is 10.0. The van der Waals surface area contributed by atoms with Crippen LogP contribution in [0.5, 0.6) is 11.5 Å². The molecule has 0 aliphatic carbocycles. The predicted molar refractivity (Wildman–Crippen MR) is 51.6 cm³/mol. The minimum absolute atomic E-state index is 0.200. The Labute approximate surface area is 86.8 Å². The van der Waals surface area contributed by atoms with Crippen molar-refractivity contribution >= 4 is 11.6 Å². The van der Waals surface area contributed by atoms with Crippen molar-refractivity contribution in [2.24, 2.45) is 0 Å². The smallest absolute Gasteiger partial charge is 0.231 e. The summed E-state index contributed by atoms with van der Waals surface area (Å²) in [4.78, 5) is 0. The Hall–Kier alpha value is -1.40. The molecule has 4 heteroatoms. The van der Waals surface area contributed by atoms with Gasteiger partial charge < -0.3 is 9.47 Å². The van der Waals surface area contributed by atoms with E-state index in [0.29, 0.717) is 22.9 Å². The van der Waals surface area contributed by atoms with Crippen molar-refractivity contribution in [2.75, 3.05) is 6.79 Å². The fourth-order valence-corrected chi connectivity index (χ4v) is 1.75. The third-order valence-corrected chi connectivity index (χ3v) is 2.50. The molecule has 72 valence electrons. The van der Waals surface area contributed by atoms with Crippen LogP contribution in [0.4, 0.5) is 0 Å². The van der Waals surface area contributed by atoms with E-state index in [4.69, 9.17) is 26.3 Å². The number of nitrogens with zero attached hydrogens (tertiary/aromatic N) is 1. The third-order valence-electron chi connectivity index (χ3n) is 2.22. The van der Waals surface area contributed by atoms with E-state index in [0.717, 1.165) is 11.1 Å². The number of hydrogen-bond acceptors (Lipinski definition) is 3. The highest BCUT2D eigenvalue weighted by atomic mass is 35.5. The van der Waals surface area contributed by atoms with Gasteiger partial charge in [-0.15, -0.1) is 0 Å². The minimum atomic E-state index is 0.200. The summed E-state index contributed by atoms with van der Waals surface area (Å²) in [5.41, 5.74) is 1.82. The summed E-state index contributed by atoms with van der Waals surface area (Å²) < 4.78 is 10.5. The van der Waals surface area contributed by atoms with Crippen LogP contribution in [0.1, 0.15) is 11.1 Å². The van der Waals surface area contributed by atoms with Gasteiger partial charge in [0, 0.05) is 0 Å². The number of ether oxygens (including phenoxy) is 2. The molecule has 3 nitrogen and oxygen atoms in total. The number of halogens is 1. The molecule has 1 aliphatic heterocycles. The maximum absolute atomic E-state index is 8.62. The SMILES string of the molecule is Cc1c(CC#N)cc(Cl)c2c1OCO2. The van der Waals surface area contributed by atoms with Crippen molar-refractivity contribution in [1.82, 2.24) is 0 Å². The van der Waals surface area contributed by atoms with E-state index in [-0.39, 0.29) is 6.79 Å². The zero-order valence-electron chi connectivity index (χ0n) is 7.63. The van der Waals surface area contributed by atoms with Gasteiger partial charge in [0.1, 0.15) is 0 Å². The summed E-state index contributed by atoms with van der Waals surface area (Å²) in [6.45, 7) is 2.10. The highest BCUT2D eigenvalue weighted by molar-refractivity contribution is 6.32. The van der Waals surface area contributed by atoms with Crippen molar-refractivity contribution in [3.05, 3.63) is 22.2 Å². The number of nitriles is 1. The van der Waals surface area contributed by atoms with Crippen LogP contribution < -0.4 is 9.47 Å². The lowest BCUT2D eigenvalue weighted by molar-refractivity contribution is 0.173. The van der Waals surface area contributed by atoms with Gasteiger partial charge in [0.25, 0.3) is 0 Å². The Kier molecular flexibility index (Phi) is 2.22. The van der Waals surface area contributed by atoms with Gasteiger partial charge in [-0.1, -0.05) is 11.6 Å². The molecule has 1 aromatic rings. The number of hydrogen-bond donors (Lipinski definition) is 0. The highest BCUT2D eigenvalue weighted by Crippen LogP contribution is 2.43. The fourth-order valence-electron chi connectivity index (χ4n) is 1.48. The lowest BCUT2D eigenvalue weighted by Gasteiger charge is -2.06. The monoisotopic (exact) mass is 209 g/mol. The van der Waals surface area contributed by atoms with E-state index in [1.807, 2.05) is 6.92 Å². The lowest BCUT2D eigenvalue weighted by Crippen LogP contribution is -1.94. The van der Waals surface area contributed by atoms with Crippen molar-refractivity contribution in [2.45, 2.75) is 13.3 Å². The molecule has 1 aromatic carbocycles. The Morgan fingerprint density at radius 1 is 1.50 bits per heavy atom. The molecular weight excluding hydrogens is 202 g/mol. The number of benzene rings is 1. The van der Waals surface area contributed by atoms with Gasteiger partial charge in [-0.25, -0.2) is 0 Å². The van der Waals surface area contributed by atoms with Crippen LogP contribution >= 0.6 is 11.6 Å². The van der Waals surface area contributed by atoms with Gasteiger partial charge in [0.15, 0.2) is 11.5 Å². The average molecular weight is 210 g/mol. The molecule has 14 heavy (non-hydrogen) atoms. The normalized spacial score (nSPS) is 12.6. The first-order valence-electron chi connectivity index (χ1n) is 4.18. The molecule has 0 atom stereocenters. The molecule has 0 N–H and O–H groups in total. The van der Waals surface area contributed by atoms with E-state index in [1.165, 1.54) is 0 Å². The zero-order chi connectivity index (χ0) is 10.1. The Morgan fingerprint density at radius 2 is 2.21 bits per heavy atom. The van der Waals surface area contributed by atoms with E-state index in [1.54, 1.807) is 6.07 Å². The van der Waals surface area contributed by atoms with Gasteiger partial charge in [0.2, 0.25) is 6.79 Å². The Morgan fingerprint density at radius 3 is 2.93 bits per heavy atom. The third kappa shape index (κ3) is 1.28. The zero-order valence-corrected chi connectivity index (χ0v) is 8.39. The van der Waals surface area contributed by atoms with Crippen LogP contribution in [0.25, 0.3) is 0 Å². The summed E-state index contributed by atoms with van der Waals surface area (Å²) in [5.74, 6) is 1.26. The van der Waals surface area contributed by atoms with Crippen LogP contribution in [0.3, 0.4) is 0 Å². The van der Waals surface area contributed by atoms with E-state index < -0.39 is 0 Å². The van der Waals surface area contributed by atoms with Gasteiger partial charge in [-0.2, -0.15) is 5.26 Å². The molecule has 0 spiro atoms. The maximum atomic E-state index is 8.62. The topological polar surface area (TPSA) is 42.2 Å². The van der Waals surface area contributed by atoms with Gasteiger partial charge in [-0.05, 0) is 24.1 Å². The summed E-state index contributed by atoms with van der Waals surface area (Å²) in [7, 11) is 0. The highest BCUT2D eigenvalue weighted by Gasteiger charge is 2.21. The summed E-state index contributed by atoms with van der Waals surface area (Å²) in [5, 5.41) is 9.13. The first-order valence-corrected chi connectivity index (χ1v) is 4.56. The van der Waals surface area contributed by atoms with E-state index >= 15 is 0 Å². The second kappa shape index (κ2) is 3.39. The molecule has 0 fully saturated rings. The van der Waals surface area contributed by atoms with Crippen molar-refractivity contribution in [3.63, 3.8) is 0 Å². The minimum Gasteiger partial charge on any atom is -0.453 e. The second-order valence-electron chi connectivity index (χ2n) is 3.04. The first-order chi connectivity index (χ1) is 6.74. The molecule has 2 rings (SSSR count). The van der Waals surface area contributed by atoms with Crippen LogP contribution in [0, 0.1) is 18.3 Å². The van der Waals surface area contributed by atoms with Crippen LogP contribution in [-0.4, -0.2) is 6.79 Å². The Bertz CT molecular complexity index is 423. The average Bonchev–Trinajstić information content (AvgIpc) is 2.63. The molecule has 1 aliphatic rings. The summed E-state index contributed by atoms with van der Waals surface area (Å²) >= 11 is 5.97. The molecule has 1 heterocycles. The van der Waals surface area contributed by atoms with E-state index in [9.17, 15) is 0 Å². The molecule has 0 saturated heterocycles. The molecule has 0 amide bonds. The molecule has 0 saturated carbocycles. The van der Waals surface area contributed by atoms with Gasteiger partial charge in [-0.3, -0.25) is 0 Å². The molecule has 0 radical (unpaired) electrons.